The first-order valence-electron chi connectivity index (χ1n) is 4.54. The zero-order valence-corrected chi connectivity index (χ0v) is 15.2. The van der Waals surface area contributed by atoms with Gasteiger partial charge in [0.2, 0.25) is 7.40 Å². The third-order valence-corrected chi connectivity index (χ3v) is 5.53. The number of hydrogen-bond acceptors (Lipinski definition) is 2. The van der Waals surface area contributed by atoms with Crippen molar-refractivity contribution < 1.29 is 31.1 Å². The van der Waals surface area contributed by atoms with Crippen molar-refractivity contribution in [2.45, 2.75) is 20.4 Å². The van der Waals surface area contributed by atoms with Crippen molar-refractivity contribution in [1.29, 1.82) is 0 Å². The predicted molar refractivity (Wildman–Crippen MR) is 72.4 cm³/mol. The average molecular weight is 515 g/mol. The highest BCUT2D eigenvalue weighted by Gasteiger charge is 2.24. The summed E-state index contributed by atoms with van der Waals surface area (Å²) in [5.41, 5.74) is 0. The summed E-state index contributed by atoms with van der Waals surface area (Å²) in [6.45, 7) is 4.52. The minimum Gasteiger partial charge on any atom is -1.00 e. The van der Waals surface area contributed by atoms with E-state index in [-0.39, 0.29) is 29.5 Å². The Kier molecular flexibility index (Phi) is 7.42. The Morgan fingerprint density at radius 1 is 1.50 bits per heavy atom. The first-order chi connectivity index (χ1) is 6.99. The van der Waals surface area contributed by atoms with E-state index in [1.807, 2.05) is 25.5 Å². The molecule has 0 aliphatic carbocycles. The summed E-state index contributed by atoms with van der Waals surface area (Å²) >= 11 is 4.51. The summed E-state index contributed by atoms with van der Waals surface area (Å²) in [6, 6.07) is 0. The second kappa shape index (κ2) is 7.14. The Labute approximate surface area is 133 Å². The van der Waals surface area contributed by atoms with E-state index in [0.717, 1.165) is 13.2 Å². The Balaban J connectivity index is 0.00000225. The van der Waals surface area contributed by atoms with Gasteiger partial charge in [0, 0.05) is 52.1 Å². The van der Waals surface area contributed by atoms with Gasteiger partial charge >= 0.3 is 5.97 Å². The molecule has 16 heavy (non-hydrogen) atoms. The highest BCUT2D eigenvalue weighted by Crippen LogP contribution is 2.14. The maximum atomic E-state index is 11.4. The fourth-order valence-electron chi connectivity index (χ4n) is 1.23. The molecule has 4 nitrogen and oxygen atoms in total. The molecule has 1 aromatic rings. The molecule has 0 atom stereocenters. The van der Waals surface area contributed by atoms with Crippen LogP contribution in [0.1, 0.15) is 12.7 Å². The van der Waals surface area contributed by atoms with E-state index < -0.39 is 0 Å². The molecule has 92 valence electrons. The summed E-state index contributed by atoms with van der Waals surface area (Å²) in [6.07, 6.45) is 0. The molecule has 7 heteroatoms. The molecule has 1 aromatic heterocycles. The van der Waals surface area contributed by atoms with Gasteiger partial charge in [0.1, 0.15) is 0 Å². The van der Waals surface area contributed by atoms with E-state index in [9.17, 15) is 4.79 Å². The number of aromatic nitrogens is 2. The number of esters is 1. The average Bonchev–Trinajstić information content (AvgIpc) is 2.36. The van der Waals surface area contributed by atoms with Crippen LogP contribution in [-0.2, 0) is 23.1 Å². The normalized spacial score (nSPS) is 9.81. The van der Waals surface area contributed by atoms with Gasteiger partial charge in [-0.1, -0.05) is 0 Å². The van der Waals surface area contributed by atoms with Crippen LogP contribution in [-0.4, -0.2) is 17.1 Å². The minimum atomic E-state index is -0.189. The van der Waals surface area contributed by atoms with Crippen molar-refractivity contribution >= 4 is 51.2 Å². The van der Waals surface area contributed by atoms with Gasteiger partial charge in [0.05, 0.1) is 13.7 Å². The van der Waals surface area contributed by atoms with Gasteiger partial charge in [-0.15, -0.1) is 0 Å². The van der Waals surface area contributed by atoms with Crippen molar-refractivity contribution in [3.8, 4) is 0 Å². The molecule has 0 aromatic carbocycles. The topological polar surface area (TPSA) is 35.1 Å². The lowest BCUT2D eigenvalue weighted by Gasteiger charge is -2.00. The van der Waals surface area contributed by atoms with Crippen molar-refractivity contribution in [2.24, 2.45) is 7.05 Å². The highest BCUT2D eigenvalue weighted by atomic mass is 127. The monoisotopic (exact) mass is 514 g/mol. The minimum absolute atomic E-state index is 0. The van der Waals surface area contributed by atoms with Crippen LogP contribution in [0.5, 0.6) is 0 Å². The quantitative estimate of drug-likeness (QED) is 0.277. The van der Waals surface area contributed by atoms with Crippen LogP contribution >= 0.6 is 45.2 Å². The lowest BCUT2D eigenvalue weighted by Crippen LogP contribution is -3.00. The third kappa shape index (κ3) is 3.56. The molecular weight excluding hydrogens is 502 g/mol. The first-order valence-corrected chi connectivity index (χ1v) is 6.70. The highest BCUT2D eigenvalue weighted by molar-refractivity contribution is 14.1. The van der Waals surface area contributed by atoms with Crippen molar-refractivity contribution in [3.63, 3.8) is 0 Å². The van der Waals surface area contributed by atoms with Crippen molar-refractivity contribution in [3.05, 3.63) is 13.2 Å². The predicted octanol–water partition coefficient (Wildman–Crippen LogP) is -1.60. The van der Waals surface area contributed by atoms with E-state index in [2.05, 4.69) is 49.7 Å². The molecule has 0 N–H and O–H groups in total. The van der Waals surface area contributed by atoms with Crippen LogP contribution in [0.3, 0.4) is 0 Å². The van der Waals surface area contributed by atoms with Gasteiger partial charge in [-0.2, -0.15) is 0 Å². The Morgan fingerprint density at radius 2 is 2.06 bits per heavy atom. The molecule has 1 rings (SSSR count). The second-order valence-corrected chi connectivity index (χ2v) is 5.12. The molecule has 0 spiro atoms. The molecule has 0 aliphatic rings. The molecule has 0 amide bonds. The molecule has 0 unspecified atom stereocenters. The molecule has 0 saturated heterocycles. The Bertz CT molecular complexity index is 368. The van der Waals surface area contributed by atoms with Crippen LogP contribution in [0.4, 0.5) is 0 Å². The smallest absolute Gasteiger partial charge is 0.348 e. The summed E-state index contributed by atoms with van der Waals surface area (Å²) in [5, 5.41) is 0. The molecular formula is C9H13BrI2N2O2. The largest absolute Gasteiger partial charge is 1.00 e. The molecule has 0 fully saturated rings. The zero-order valence-electron chi connectivity index (χ0n) is 9.26. The molecule has 0 radical (unpaired) electrons. The number of imidazole rings is 1. The second-order valence-electron chi connectivity index (χ2n) is 3.08. The van der Waals surface area contributed by atoms with E-state index in [1.54, 1.807) is 0 Å². The summed E-state index contributed by atoms with van der Waals surface area (Å²) < 4.78 is 11.2. The van der Waals surface area contributed by atoms with Crippen molar-refractivity contribution in [1.82, 2.24) is 4.57 Å². The maximum absolute atomic E-state index is 11.4. The van der Waals surface area contributed by atoms with Crippen molar-refractivity contribution in [2.75, 3.05) is 6.61 Å². The Morgan fingerprint density at radius 3 is 2.44 bits per heavy atom. The van der Waals surface area contributed by atoms with E-state index in [4.69, 9.17) is 4.74 Å². The molecule has 0 bridgehead atoms. The van der Waals surface area contributed by atoms with E-state index in [1.165, 1.54) is 0 Å². The fraction of sp³-hybridized carbons (Fsp3) is 0.556. The molecule has 0 saturated carbocycles. The SMILES string of the molecule is CCOC(=O)Cn1c(I)c(I)[n+](C)c1C.[Br-]. The van der Waals surface area contributed by atoms with Crippen LogP contribution in [0.15, 0.2) is 0 Å². The number of carbonyl (C=O) groups excluding carboxylic acids is 1. The number of halogens is 3. The van der Waals surface area contributed by atoms with E-state index in [0.29, 0.717) is 6.61 Å². The molecule has 0 aliphatic heterocycles. The van der Waals surface area contributed by atoms with Crippen LogP contribution in [0, 0.1) is 14.3 Å². The summed E-state index contributed by atoms with van der Waals surface area (Å²) in [4.78, 5) is 11.4. The summed E-state index contributed by atoms with van der Waals surface area (Å²) in [7, 11) is 1.99. The summed E-state index contributed by atoms with van der Waals surface area (Å²) in [5.74, 6) is 0.863. The number of ether oxygens (including phenoxy) is 1. The van der Waals surface area contributed by atoms with Gasteiger partial charge in [0.15, 0.2) is 6.54 Å². The first kappa shape index (κ1) is 16.6. The van der Waals surface area contributed by atoms with Crippen LogP contribution in [0.25, 0.3) is 0 Å². The third-order valence-electron chi connectivity index (χ3n) is 2.17. The fourth-order valence-corrected chi connectivity index (χ4v) is 2.76. The van der Waals surface area contributed by atoms with Gasteiger partial charge in [-0.3, -0.25) is 0 Å². The lowest BCUT2D eigenvalue weighted by atomic mass is 10.6. The number of hydrogen-bond donors (Lipinski definition) is 0. The number of nitrogens with zero attached hydrogens (tertiary/aromatic N) is 2. The van der Waals surface area contributed by atoms with Gasteiger partial charge < -0.3 is 21.7 Å². The van der Waals surface area contributed by atoms with E-state index >= 15 is 0 Å². The number of rotatable bonds is 3. The van der Waals surface area contributed by atoms with Gasteiger partial charge in [0.25, 0.3) is 5.82 Å². The Hall–Kier alpha value is 0.620. The zero-order chi connectivity index (χ0) is 11.6. The number of carbonyl (C=O) groups is 1. The van der Waals surface area contributed by atoms with Gasteiger partial charge in [-0.25, -0.2) is 13.9 Å². The lowest BCUT2D eigenvalue weighted by molar-refractivity contribution is -0.689. The van der Waals surface area contributed by atoms with Gasteiger partial charge in [-0.05, 0) is 6.92 Å². The standard InChI is InChI=1S/C9H13I2N2O2.BrH/c1-4-15-7(14)5-13-6(2)12(3)8(10)9(13)11;/h4-5H2,1-3H3;1H/q+1;/p-1. The van der Waals surface area contributed by atoms with Crippen LogP contribution in [0.2, 0.25) is 0 Å². The molecule has 1 heterocycles. The van der Waals surface area contributed by atoms with Crippen LogP contribution < -0.4 is 21.5 Å². The maximum Gasteiger partial charge on any atom is 0.348 e.